The molecule has 3 rings (SSSR count). The van der Waals surface area contributed by atoms with E-state index in [0.717, 1.165) is 45.7 Å². The molecule has 27 heavy (non-hydrogen) atoms. The molecule has 0 aromatic heterocycles. The Kier molecular flexibility index (Phi) is 7.36. The van der Waals surface area contributed by atoms with Crippen LogP contribution in [0.15, 0.2) is 54.6 Å². The average molecular weight is 369 g/mol. The van der Waals surface area contributed by atoms with Crippen LogP contribution in [0.25, 0.3) is 0 Å². The summed E-state index contributed by atoms with van der Waals surface area (Å²) < 4.78 is 13.1. The summed E-state index contributed by atoms with van der Waals surface area (Å²) in [4.78, 5) is 16.9. The van der Waals surface area contributed by atoms with Crippen LogP contribution in [-0.2, 0) is 17.8 Å². The summed E-state index contributed by atoms with van der Waals surface area (Å²) in [5, 5.41) is 2.93. The number of hydrogen-bond donors (Lipinski definition) is 1. The van der Waals surface area contributed by atoms with Crippen LogP contribution >= 0.6 is 0 Å². The predicted molar refractivity (Wildman–Crippen MR) is 106 cm³/mol. The van der Waals surface area contributed by atoms with Gasteiger partial charge < -0.3 is 10.2 Å². The van der Waals surface area contributed by atoms with Crippen molar-refractivity contribution in [2.75, 3.05) is 39.3 Å². The van der Waals surface area contributed by atoms with E-state index in [4.69, 9.17) is 0 Å². The highest BCUT2D eigenvalue weighted by atomic mass is 19.1. The first-order chi connectivity index (χ1) is 13.2. The number of benzene rings is 2. The second-order valence-electron chi connectivity index (χ2n) is 7.11. The van der Waals surface area contributed by atoms with Crippen molar-refractivity contribution in [3.8, 4) is 0 Å². The van der Waals surface area contributed by atoms with Crippen LogP contribution in [0.4, 0.5) is 4.39 Å². The number of hydrogen-bond acceptors (Lipinski definition) is 3. The van der Waals surface area contributed by atoms with Crippen molar-refractivity contribution < 1.29 is 9.18 Å². The number of nitrogens with one attached hydrogen (secondary N) is 1. The number of nitrogens with zero attached hydrogens (tertiary/aromatic N) is 2. The maximum absolute atomic E-state index is 13.1. The molecular formula is C22H28FN3O. The Labute approximate surface area is 161 Å². The van der Waals surface area contributed by atoms with Gasteiger partial charge in [0.25, 0.3) is 0 Å². The van der Waals surface area contributed by atoms with Gasteiger partial charge in [0.15, 0.2) is 0 Å². The fourth-order valence-electron chi connectivity index (χ4n) is 3.44. The van der Waals surface area contributed by atoms with Gasteiger partial charge in [0.05, 0.1) is 6.42 Å². The van der Waals surface area contributed by atoms with Crippen molar-refractivity contribution in [1.82, 2.24) is 15.1 Å². The maximum atomic E-state index is 13.1. The lowest BCUT2D eigenvalue weighted by Crippen LogP contribution is -2.46. The SMILES string of the molecule is O=C(Cc1cccc(F)c1)NCCCN1CCN(Cc2ccccc2)CC1. The zero-order chi connectivity index (χ0) is 18.9. The van der Waals surface area contributed by atoms with Crippen molar-refractivity contribution in [3.05, 3.63) is 71.5 Å². The molecule has 1 aliphatic rings. The normalized spacial score (nSPS) is 15.6. The van der Waals surface area contributed by atoms with E-state index in [1.54, 1.807) is 12.1 Å². The highest BCUT2D eigenvalue weighted by Gasteiger charge is 2.16. The molecule has 0 saturated carbocycles. The molecule has 0 atom stereocenters. The van der Waals surface area contributed by atoms with Gasteiger partial charge in [-0.25, -0.2) is 4.39 Å². The molecule has 1 fully saturated rings. The van der Waals surface area contributed by atoms with Gasteiger partial charge in [-0.1, -0.05) is 42.5 Å². The van der Waals surface area contributed by atoms with E-state index in [1.807, 2.05) is 0 Å². The Morgan fingerprint density at radius 3 is 2.37 bits per heavy atom. The van der Waals surface area contributed by atoms with E-state index in [9.17, 15) is 9.18 Å². The summed E-state index contributed by atoms with van der Waals surface area (Å²) in [5.41, 5.74) is 2.08. The summed E-state index contributed by atoms with van der Waals surface area (Å²) in [5.74, 6) is -0.347. The summed E-state index contributed by atoms with van der Waals surface area (Å²) >= 11 is 0. The molecule has 0 radical (unpaired) electrons. The van der Waals surface area contributed by atoms with Crippen LogP contribution in [-0.4, -0.2) is 55.0 Å². The maximum Gasteiger partial charge on any atom is 0.224 e. The van der Waals surface area contributed by atoms with Gasteiger partial charge in [-0.05, 0) is 36.2 Å². The summed E-state index contributed by atoms with van der Waals surface area (Å²) in [7, 11) is 0. The van der Waals surface area contributed by atoms with E-state index in [1.165, 1.54) is 17.7 Å². The van der Waals surface area contributed by atoms with E-state index >= 15 is 0 Å². The van der Waals surface area contributed by atoms with Crippen molar-refractivity contribution in [2.24, 2.45) is 0 Å². The summed E-state index contributed by atoms with van der Waals surface area (Å²) in [6.45, 7) is 7.00. The van der Waals surface area contributed by atoms with E-state index in [2.05, 4.69) is 45.4 Å². The van der Waals surface area contributed by atoms with Gasteiger partial charge in [0.2, 0.25) is 5.91 Å². The van der Waals surface area contributed by atoms with Crippen molar-refractivity contribution in [2.45, 2.75) is 19.4 Å². The smallest absolute Gasteiger partial charge is 0.224 e. The van der Waals surface area contributed by atoms with Crippen LogP contribution in [0.2, 0.25) is 0 Å². The zero-order valence-corrected chi connectivity index (χ0v) is 15.7. The molecule has 0 aliphatic carbocycles. The molecule has 1 N–H and O–H groups in total. The van der Waals surface area contributed by atoms with Gasteiger partial charge in [0.1, 0.15) is 5.82 Å². The van der Waals surface area contributed by atoms with Crippen LogP contribution < -0.4 is 5.32 Å². The van der Waals surface area contributed by atoms with Gasteiger partial charge in [-0.3, -0.25) is 9.69 Å². The predicted octanol–water partition coefficient (Wildman–Crippen LogP) is 2.69. The molecule has 0 spiro atoms. The van der Waals surface area contributed by atoms with Crippen molar-refractivity contribution >= 4 is 5.91 Å². The van der Waals surface area contributed by atoms with Crippen LogP contribution in [0.5, 0.6) is 0 Å². The third-order valence-electron chi connectivity index (χ3n) is 4.94. The van der Waals surface area contributed by atoms with Crippen molar-refractivity contribution in [1.29, 1.82) is 0 Å². The molecule has 1 aliphatic heterocycles. The molecule has 2 aromatic carbocycles. The molecule has 1 heterocycles. The van der Waals surface area contributed by atoms with Gasteiger partial charge in [-0.2, -0.15) is 0 Å². The first kappa shape index (κ1) is 19.5. The summed E-state index contributed by atoms with van der Waals surface area (Å²) in [6, 6.07) is 16.8. The number of piperazine rings is 1. The zero-order valence-electron chi connectivity index (χ0n) is 15.7. The lowest BCUT2D eigenvalue weighted by atomic mass is 10.1. The lowest BCUT2D eigenvalue weighted by molar-refractivity contribution is -0.120. The third kappa shape index (κ3) is 6.77. The Hall–Kier alpha value is -2.24. The quantitative estimate of drug-likeness (QED) is 0.727. The lowest BCUT2D eigenvalue weighted by Gasteiger charge is -2.34. The fraction of sp³-hybridized carbons (Fsp3) is 0.409. The molecule has 0 bridgehead atoms. The monoisotopic (exact) mass is 369 g/mol. The minimum absolute atomic E-state index is 0.0479. The van der Waals surface area contributed by atoms with E-state index in [-0.39, 0.29) is 18.1 Å². The molecule has 1 saturated heterocycles. The highest BCUT2D eigenvalue weighted by molar-refractivity contribution is 5.78. The number of carbonyl (C=O) groups excluding carboxylic acids is 1. The Morgan fingerprint density at radius 2 is 1.63 bits per heavy atom. The average Bonchev–Trinajstić information content (AvgIpc) is 2.67. The van der Waals surface area contributed by atoms with Crippen LogP contribution in [0, 0.1) is 5.82 Å². The number of halogens is 1. The number of rotatable bonds is 8. The third-order valence-corrected chi connectivity index (χ3v) is 4.94. The second kappa shape index (κ2) is 10.2. The second-order valence-corrected chi connectivity index (χ2v) is 7.11. The molecule has 4 nitrogen and oxygen atoms in total. The minimum atomic E-state index is -0.299. The van der Waals surface area contributed by atoms with E-state index in [0.29, 0.717) is 12.1 Å². The topological polar surface area (TPSA) is 35.6 Å². The molecule has 0 unspecified atom stereocenters. The van der Waals surface area contributed by atoms with Crippen molar-refractivity contribution in [3.63, 3.8) is 0 Å². The van der Waals surface area contributed by atoms with Crippen LogP contribution in [0.3, 0.4) is 0 Å². The molecule has 144 valence electrons. The Bertz CT molecular complexity index is 715. The van der Waals surface area contributed by atoms with Crippen LogP contribution in [0.1, 0.15) is 17.5 Å². The molecule has 5 heteroatoms. The number of carbonyl (C=O) groups is 1. The van der Waals surface area contributed by atoms with Gasteiger partial charge in [0, 0.05) is 39.3 Å². The number of amides is 1. The molecule has 1 amide bonds. The molecular weight excluding hydrogens is 341 g/mol. The highest BCUT2D eigenvalue weighted by Crippen LogP contribution is 2.08. The van der Waals surface area contributed by atoms with E-state index < -0.39 is 0 Å². The van der Waals surface area contributed by atoms with Gasteiger partial charge >= 0.3 is 0 Å². The van der Waals surface area contributed by atoms with Gasteiger partial charge in [-0.15, -0.1) is 0 Å². The standard InChI is InChI=1S/C22H28FN3O/c23-21-9-4-8-20(16-21)17-22(27)24-10-5-11-25-12-14-26(15-13-25)18-19-6-2-1-3-7-19/h1-4,6-9,16H,5,10-15,17-18H2,(H,24,27). The fourth-order valence-corrected chi connectivity index (χ4v) is 3.44. The Morgan fingerprint density at radius 1 is 0.926 bits per heavy atom. The Balaban J connectivity index is 1.27. The summed E-state index contributed by atoms with van der Waals surface area (Å²) in [6.07, 6.45) is 1.17. The first-order valence-electron chi connectivity index (χ1n) is 9.69. The largest absolute Gasteiger partial charge is 0.356 e. The minimum Gasteiger partial charge on any atom is -0.356 e. The molecule has 2 aromatic rings. The first-order valence-corrected chi connectivity index (χ1v) is 9.69.